The van der Waals surface area contributed by atoms with E-state index in [4.69, 9.17) is 15.2 Å². The summed E-state index contributed by atoms with van der Waals surface area (Å²) in [6.45, 7) is 9.52. The quantitative estimate of drug-likeness (QED) is 0.231. The van der Waals surface area contributed by atoms with E-state index in [-0.39, 0.29) is 36.1 Å². The molecule has 0 fully saturated rings. The Labute approximate surface area is 185 Å². The topological polar surface area (TPSA) is 102 Å². The number of hydrogen-bond donors (Lipinski definition) is 2. The average Bonchev–Trinajstić information content (AvgIpc) is 2.57. The first kappa shape index (κ1) is 26.4. The van der Waals surface area contributed by atoms with E-state index in [1.807, 2.05) is 39.8 Å². The van der Waals surface area contributed by atoms with Crippen molar-refractivity contribution >= 4 is 36.0 Å². The third-order valence-corrected chi connectivity index (χ3v) is 3.43. The highest BCUT2D eigenvalue weighted by molar-refractivity contribution is 14.0. The minimum atomic E-state index is -0.547. The van der Waals surface area contributed by atoms with Crippen molar-refractivity contribution in [2.75, 3.05) is 26.8 Å². The van der Waals surface area contributed by atoms with Crippen LogP contribution in [0.2, 0.25) is 0 Å². The van der Waals surface area contributed by atoms with Crippen molar-refractivity contribution in [3.8, 4) is 0 Å². The standard InChI is InChI=1S/C19H33N5O3.HI/c1-15(14-26-5)23-17(20)22-10-7-11-24(18(25)27-19(2,3)4)13-16-8-6-9-21-12-16;/h6,8-9,12,15H,7,10-11,13-14H2,1-5H3,(H3,20,22,23);1H. The molecule has 9 heteroatoms. The Morgan fingerprint density at radius 2 is 2.14 bits per heavy atom. The van der Waals surface area contributed by atoms with Crippen molar-refractivity contribution < 1.29 is 14.3 Å². The van der Waals surface area contributed by atoms with Crippen molar-refractivity contribution in [1.82, 2.24) is 15.2 Å². The van der Waals surface area contributed by atoms with Crippen LogP contribution in [0, 0.1) is 0 Å². The molecule has 0 aliphatic heterocycles. The Kier molecular flexibility index (Phi) is 12.8. The molecule has 0 spiro atoms. The van der Waals surface area contributed by atoms with Crippen LogP contribution in [0.1, 0.15) is 39.7 Å². The second-order valence-corrected chi connectivity index (χ2v) is 7.38. The molecule has 0 aliphatic carbocycles. The van der Waals surface area contributed by atoms with Gasteiger partial charge in [0.15, 0.2) is 5.96 Å². The number of halogens is 1. The second kappa shape index (κ2) is 13.5. The fourth-order valence-electron chi connectivity index (χ4n) is 2.32. The van der Waals surface area contributed by atoms with Crippen LogP contribution in [0.3, 0.4) is 0 Å². The van der Waals surface area contributed by atoms with Gasteiger partial charge < -0.3 is 25.4 Å². The number of carbonyl (C=O) groups is 1. The summed E-state index contributed by atoms with van der Waals surface area (Å²) in [5, 5.41) is 3.05. The van der Waals surface area contributed by atoms with E-state index < -0.39 is 5.60 Å². The Hall–Kier alpha value is -1.62. The zero-order valence-electron chi connectivity index (χ0n) is 17.5. The summed E-state index contributed by atoms with van der Waals surface area (Å²) < 4.78 is 10.6. The van der Waals surface area contributed by atoms with E-state index in [1.165, 1.54) is 0 Å². The first-order valence-corrected chi connectivity index (χ1v) is 9.13. The molecule has 1 aromatic rings. The Bertz CT molecular complexity index is 593. The van der Waals surface area contributed by atoms with E-state index in [1.54, 1.807) is 24.4 Å². The summed E-state index contributed by atoms with van der Waals surface area (Å²) in [6.07, 6.45) is 3.76. The summed E-state index contributed by atoms with van der Waals surface area (Å²) in [4.78, 5) is 22.6. The number of nitrogens with zero attached hydrogens (tertiary/aromatic N) is 3. The number of hydrogen-bond acceptors (Lipinski definition) is 5. The highest BCUT2D eigenvalue weighted by Crippen LogP contribution is 2.13. The fraction of sp³-hybridized carbons (Fsp3) is 0.632. The van der Waals surface area contributed by atoms with E-state index in [9.17, 15) is 4.79 Å². The maximum atomic E-state index is 12.5. The van der Waals surface area contributed by atoms with Crippen LogP contribution >= 0.6 is 24.0 Å². The van der Waals surface area contributed by atoms with Crippen molar-refractivity contribution in [2.24, 2.45) is 10.7 Å². The van der Waals surface area contributed by atoms with Gasteiger partial charge in [0.05, 0.1) is 13.2 Å². The predicted molar refractivity (Wildman–Crippen MR) is 122 cm³/mol. The molecule has 0 saturated heterocycles. The van der Waals surface area contributed by atoms with Gasteiger partial charge >= 0.3 is 6.09 Å². The van der Waals surface area contributed by atoms with Gasteiger partial charge in [-0.3, -0.25) is 9.98 Å². The van der Waals surface area contributed by atoms with Crippen molar-refractivity contribution in [3.05, 3.63) is 30.1 Å². The number of methoxy groups -OCH3 is 1. The van der Waals surface area contributed by atoms with Crippen LogP contribution in [0.5, 0.6) is 0 Å². The molecule has 3 N–H and O–H groups in total. The number of amides is 1. The maximum absolute atomic E-state index is 12.5. The molecule has 1 amide bonds. The molecule has 1 heterocycles. The number of guanidine groups is 1. The number of nitrogens with one attached hydrogen (secondary N) is 1. The summed E-state index contributed by atoms with van der Waals surface area (Å²) >= 11 is 0. The summed E-state index contributed by atoms with van der Waals surface area (Å²) in [5.41, 5.74) is 6.26. The number of aromatic nitrogens is 1. The van der Waals surface area contributed by atoms with Crippen LogP contribution < -0.4 is 11.1 Å². The van der Waals surface area contributed by atoms with Gasteiger partial charge in [0.1, 0.15) is 5.60 Å². The molecular formula is C19H34IN5O3. The van der Waals surface area contributed by atoms with Crippen LogP contribution in [-0.4, -0.2) is 60.4 Å². The van der Waals surface area contributed by atoms with Crippen LogP contribution in [0.25, 0.3) is 0 Å². The Morgan fingerprint density at radius 1 is 1.43 bits per heavy atom. The van der Waals surface area contributed by atoms with Gasteiger partial charge in [-0.2, -0.15) is 0 Å². The van der Waals surface area contributed by atoms with Crippen molar-refractivity contribution in [2.45, 2.75) is 52.3 Å². The average molecular weight is 507 g/mol. The maximum Gasteiger partial charge on any atom is 0.410 e. The molecule has 0 bridgehead atoms. The van der Waals surface area contributed by atoms with Crippen molar-refractivity contribution in [1.29, 1.82) is 0 Å². The monoisotopic (exact) mass is 507 g/mol. The molecule has 0 radical (unpaired) electrons. The lowest BCUT2D eigenvalue weighted by molar-refractivity contribution is 0.0232. The summed E-state index contributed by atoms with van der Waals surface area (Å²) in [6, 6.07) is 3.87. The van der Waals surface area contributed by atoms with Crippen LogP contribution in [0.4, 0.5) is 4.79 Å². The van der Waals surface area contributed by atoms with Gasteiger partial charge in [-0.05, 0) is 45.7 Å². The van der Waals surface area contributed by atoms with E-state index in [0.29, 0.717) is 38.6 Å². The largest absolute Gasteiger partial charge is 0.444 e. The smallest absolute Gasteiger partial charge is 0.410 e. The SMILES string of the molecule is COCC(C)NC(N)=NCCCN(Cc1cccnc1)C(=O)OC(C)(C)C.I. The normalized spacial score (nSPS) is 12.7. The Morgan fingerprint density at radius 3 is 2.71 bits per heavy atom. The third-order valence-electron chi connectivity index (χ3n) is 3.43. The number of carbonyl (C=O) groups excluding carboxylic acids is 1. The molecule has 1 atom stereocenters. The van der Waals surface area contributed by atoms with E-state index >= 15 is 0 Å². The molecule has 1 aromatic heterocycles. The zero-order chi connectivity index (χ0) is 20.3. The second-order valence-electron chi connectivity index (χ2n) is 7.38. The van der Waals surface area contributed by atoms with Crippen LogP contribution in [0.15, 0.2) is 29.5 Å². The number of ether oxygens (including phenoxy) is 2. The zero-order valence-corrected chi connectivity index (χ0v) is 19.8. The first-order chi connectivity index (χ1) is 12.7. The van der Waals surface area contributed by atoms with Crippen molar-refractivity contribution in [3.63, 3.8) is 0 Å². The lowest BCUT2D eigenvalue weighted by Crippen LogP contribution is -2.41. The van der Waals surface area contributed by atoms with Gasteiger partial charge in [0.2, 0.25) is 0 Å². The molecule has 8 nitrogen and oxygen atoms in total. The van der Waals surface area contributed by atoms with E-state index in [2.05, 4.69) is 15.3 Å². The van der Waals surface area contributed by atoms with Gasteiger partial charge in [0, 0.05) is 38.6 Å². The molecular weight excluding hydrogens is 473 g/mol. The summed E-state index contributed by atoms with van der Waals surface area (Å²) in [5.74, 6) is 0.371. The molecule has 0 aliphatic rings. The van der Waals surface area contributed by atoms with E-state index in [0.717, 1.165) is 5.56 Å². The van der Waals surface area contributed by atoms with Gasteiger partial charge in [0.25, 0.3) is 0 Å². The summed E-state index contributed by atoms with van der Waals surface area (Å²) in [7, 11) is 1.64. The van der Waals surface area contributed by atoms with Gasteiger partial charge in [-0.15, -0.1) is 24.0 Å². The van der Waals surface area contributed by atoms with Gasteiger partial charge in [-0.1, -0.05) is 6.07 Å². The number of pyridine rings is 1. The minimum Gasteiger partial charge on any atom is -0.444 e. The minimum absolute atomic E-state index is 0. The first-order valence-electron chi connectivity index (χ1n) is 9.13. The van der Waals surface area contributed by atoms with Crippen LogP contribution in [-0.2, 0) is 16.0 Å². The number of nitrogens with two attached hydrogens (primary N) is 1. The molecule has 1 rings (SSSR count). The Balaban J connectivity index is 0.00000729. The molecule has 0 aromatic carbocycles. The lowest BCUT2D eigenvalue weighted by Gasteiger charge is -2.27. The molecule has 1 unspecified atom stereocenters. The number of rotatable bonds is 9. The highest BCUT2D eigenvalue weighted by atomic mass is 127. The predicted octanol–water partition coefficient (Wildman–Crippen LogP) is 2.77. The fourth-order valence-corrected chi connectivity index (χ4v) is 2.32. The molecule has 0 saturated carbocycles. The van der Waals surface area contributed by atoms with Gasteiger partial charge in [-0.25, -0.2) is 4.79 Å². The molecule has 160 valence electrons. The highest BCUT2D eigenvalue weighted by Gasteiger charge is 2.22. The number of aliphatic imine (C=N–C) groups is 1. The third kappa shape index (κ3) is 12.0. The lowest BCUT2D eigenvalue weighted by atomic mass is 10.2. The molecule has 28 heavy (non-hydrogen) atoms.